The van der Waals surface area contributed by atoms with Gasteiger partial charge in [-0.15, -0.1) is 0 Å². The molecule has 2 N–H and O–H groups in total. The number of aryl methyl sites for hydroxylation is 1. The quantitative estimate of drug-likeness (QED) is 0.871. The second-order valence-corrected chi connectivity index (χ2v) is 7.73. The molecule has 0 aliphatic carbocycles. The van der Waals surface area contributed by atoms with Gasteiger partial charge in [0.25, 0.3) is 5.91 Å². The Morgan fingerprint density at radius 3 is 2.43 bits per heavy atom. The van der Waals surface area contributed by atoms with Gasteiger partial charge < -0.3 is 19.9 Å². The first-order valence-corrected chi connectivity index (χ1v) is 10.0. The molecule has 0 spiro atoms. The minimum absolute atomic E-state index is 0.103. The zero-order chi connectivity index (χ0) is 19.5. The number of anilines is 1. The van der Waals surface area contributed by atoms with Crippen molar-refractivity contribution >= 4 is 11.8 Å². The van der Waals surface area contributed by atoms with Gasteiger partial charge in [-0.05, 0) is 43.4 Å². The lowest BCUT2D eigenvalue weighted by Crippen LogP contribution is -2.44. The topological polar surface area (TPSA) is 84.8 Å². The molecule has 28 heavy (non-hydrogen) atoms. The van der Waals surface area contributed by atoms with Crippen LogP contribution in [0.4, 0.5) is 5.88 Å². The monoisotopic (exact) mass is 384 g/mol. The number of hydrogen-bond acceptors (Lipinski definition) is 6. The van der Waals surface area contributed by atoms with Crippen LogP contribution in [0.25, 0.3) is 11.1 Å². The van der Waals surface area contributed by atoms with E-state index in [0.717, 1.165) is 75.6 Å². The molecule has 2 saturated heterocycles. The highest BCUT2D eigenvalue weighted by molar-refractivity contribution is 5.95. The van der Waals surface area contributed by atoms with Crippen LogP contribution in [0.2, 0.25) is 0 Å². The third kappa shape index (κ3) is 4.05. The Bertz CT molecular complexity index is 784. The van der Waals surface area contributed by atoms with Crippen molar-refractivity contribution in [1.29, 1.82) is 0 Å². The fraction of sp³-hybridized carbons (Fsp3) is 0.524. The number of benzene rings is 1. The van der Waals surface area contributed by atoms with E-state index in [-0.39, 0.29) is 5.91 Å². The van der Waals surface area contributed by atoms with Crippen molar-refractivity contribution in [3.8, 4) is 11.1 Å². The molecule has 0 atom stereocenters. The molecule has 0 saturated carbocycles. The lowest BCUT2D eigenvalue weighted by molar-refractivity contribution is 0.0243. The van der Waals surface area contributed by atoms with E-state index in [0.29, 0.717) is 17.4 Å². The summed E-state index contributed by atoms with van der Waals surface area (Å²) >= 11 is 0. The molecular formula is C21H28N4O3. The van der Waals surface area contributed by atoms with E-state index in [1.54, 1.807) is 0 Å². The maximum atomic E-state index is 12.9. The lowest BCUT2D eigenvalue weighted by Gasteiger charge is -2.36. The third-order valence-corrected chi connectivity index (χ3v) is 5.83. The number of carbonyl (C=O) groups is 1. The molecule has 0 radical (unpaired) electrons. The van der Waals surface area contributed by atoms with Crippen molar-refractivity contribution in [2.75, 3.05) is 51.7 Å². The van der Waals surface area contributed by atoms with Gasteiger partial charge in [0.15, 0.2) is 0 Å². The van der Waals surface area contributed by atoms with Gasteiger partial charge in [-0.3, -0.25) is 9.69 Å². The average molecular weight is 384 g/mol. The summed E-state index contributed by atoms with van der Waals surface area (Å²) in [7, 11) is 0. The minimum atomic E-state index is 0.103. The van der Waals surface area contributed by atoms with Gasteiger partial charge in [0.1, 0.15) is 0 Å². The van der Waals surface area contributed by atoms with E-state index in [2.05, 4.69) is 10.1 Å². The lowest BCUT2D eigenvalue weighted by atomic mass is 9.95. The number of piperidine rings is 1. The second-order valence-electron chi connectivity index (χ2n) is 7.73. The van der Waals surface area contributed by atoms with Crippen molar-refractivity contribution < 1.29 is 14.1 Å². The Morgan fingerprint density at radius 1 is 1.14 bits per heavy atom. The first kappa shape index (κ1) is 19.0. The van der Waals surface area contributed by atoms with Gasteiger partial charge in [-0.1, -0.05) is 17.3 Å². The van der Waals surface area contributed by atoms with Gasteiger partial charge in [0, 0.05) is 38.3 Å². The van der Waals surface area contributed by atoms with Crippen molar-refractivity contribution in [1.82, 2.24) is 15.0 Å². The summed E-state index contributed by atoms with van der Waals surface area (Å²) in [5.74, 6) is 1.08. The number of hydrogen-bond donors (Lipinski definition) is 1. The zero-order valence-electron chi connectivity index (χ0n) is 16.4. The maximum absolute atomic E-state index is 12.9. The van der Waals surface area contributed by atoms with Gasteiger partial charge >= 0.3 is 0 Å². The van der Waals surface area contributed by atoms with E-state index in [1.165, 1.54) is 0 Å². The number of aromatic nitrogens is 1. The fourth-order valence-electron chi connectivity index (χ4n) is 4.17. The largest absolute Gasteiger partial charge is 0.379 e. The molecule has 1 amide bonds. The van der Waals surface area contributed by atoms with Gasteiger partial charge in [-0.2, -0.15) is 0 Å². The number of carbonyl (C=O) groups excluding carboxylic acids is 1. The molecule has 1 aromatic carbocycles. The molecule has 1 aromatic heterocycles. The van der Waals surface area contributed by atoms with Crippen molar-refractivity contribution in [3.05, 3.63) is 35.5 Å². The van der Waals surface area contributed by atoms with E-state index in [9.17, 15) is 4.79 Å². The summed E-state index contributed by atoms with van der Waals surface area (Å²) in [6.07, 6.45) is 2.13. The Hall–Kier alpha value is -2.38. The molecular weight excluding hydrogens is 356 g/mol. The van der Waals surface area contributed by atoms with Gasteiger partial charge in [-0.25, -0.2) is 0 Å². The van der Waals surface area contributed by atoms with Crippen LogP contribution in [-0.4, -0.2) is 66.8 Å². The van der Waals surface area contributed by atoms with Crippen LogP contribution < -0.4 is 5.73 Å². The highest BCUT2D eigenvalue weighted by Gasteiger charge is 2.25. The molecule has 2 aromatic rings. The molecule has 4 rings (SSSR count). The normalized spacial score (nSPS) is 19.1. The van der Waals surface area contributed by atoms with E-state index >= 15 is 0 Å². The van der Waals surface area contributed by atoms with Crippen molar-refractivity contribution in [2.24, 2.45) is 5.92 Å². The van der Waals surface area contributed by atoms with Crippen LogP contribution in [0.3, 0.4) is 0 Å². The molecule has 3 heterocycles. The molecule has 7 heteroatoms. The summed E-state index contributed by atoms with van der Waals surface area (Å²) in [6.45, 7) is 8.37. The Kier molecular flexibility index (Phi) is 5.64. The molecule has 2 fully saturated rings. The van der Waals surface area contributed by atoms with Crippen LogP contribution in [0.5, 0.6) is 0 Å². The first-order valence-electron chi connectivity index (χ1n) is 10.0. The zero-order valence-corrected chi connectivity index (χ0v) is 16.4. The van der Waals surface area contributed by atoms with Gasteiger partial charge in [0.2, 0.25) is 5.88 Å². The summed E-state index contributed by atoms with van der Waals surface area (Å²) < 4.78 is 10.5. The molecule has 0 bridgehead atoms. The Morgan fingerprint density at radius 2 is 1.82 bits per heavy atom. The van der Waals surface area contributed by atoms with E-state index in [1.807, 2.05) is 36.1 Å². The average Bonchev–Trinajstić information content (AvgIpc) is 3.07. The second kappa shape index (κ2) is 8.32. The summed E-state index contributed by atoms with van der Waals surface area (Å²) in [5, 5.41) is 3.89. The van der Waals surface area contributed by atoms with Crippen LogP contribution >= 0.6 is 0 Å². The number of nitrogens with zero attached hydrogens (tertiary/aromatic N) is 3. The predicted molar refractivity (Wildman–Crippen MR) is 107 cm³/mol. The van der Waals surface area contributed by atoms with Crippen molar-refractivity contribution in [2.45, 2.75) is 19.8 Å². The van der Waals surface area contributed by atoms with E-state index in [4.69, 9.17) is 15.0 Å². The number of likely N-dealkylation sites (tertiary alicyclic amines) is 1. The van der Waals surface area contributed by atoms with Crippen LogP contribution in [0.1, 0.15) is 28.9 Å². The fourth-order valence-corrected chi connectivity index (χ4v) is 4.17. The number of ether oxygens (including phenoxy) is 1. The smallest absolute Gasteiger partial charge is 0.253 e. The SMILES string of the molecule is Cc1noc(N)c1-c1ccc(C(=O)N2CCC(CN3CCOCC3)CC2)cc1. The molecule has 2 aliphatic heterocycles. The van der Waals surface area contributed by atoms with Crippen LogP contribution in [0, 0.1) is 12.8 Å². The third-order valence-electron chi connectivity index (χ3n) is 5.83. The van der Waals surface area contributed by atoms with Crippen LogP contribution in [-0.2, 0) is 4.74 Å². The molecule has 0 unspecified atom stereocenters. The molecule has 150 valence electrons. The van der Waals surface area contributed by atoms with Crippen molar-refractivity contribution in [3.63, 3.8) is 0 Å². The van der Waals surface area contributed by atoms with E-state index < -0.39 is 0 Å². The predicted octanol–water partition coefficient (Wildman–Crippen LogP) is 2.42. The number of amides is 1. The Balaban J connectivity index is 1.34. The highest BCUT2D eigenvalue weighted by Crippen LogP contribution is 2.29. The highest BCUT2D eigenvalue weighted by atomic mass is 16.5. The summed E-state index contributed by atoms with van der Waals surface area (Å²) in [6, 6.07) is 7.55. The molecule has 2 aliphatic rings. The summed E-state index contributed by atoms with van der Waals surface area (Å²) in [5.41, 5.74) is 9.02. The number of nitrogens with two attached hydrogens (primary N) is 1. The standard InChI is InChI=1S/C21H28N4O3/c1-15-19(20(22)28-23-15)17-2-4-18(5-3-17)21(26)25-8-6-16(7-9-25)14-24-10-12-27-13-11-24/h2-5,16H,6-14,22H2,1H3. The number of nitrogen functional groups attached to an aromatic ring is 1. The van der Waals surface area contributed by atoms with Crippen LogP contribution in [0.15, 0.2) is 28.8 Å². The maximum Gasteiger partial charge on any atom is 0.253 e. The number of rotatable bonds is 4. The number of morpholine rings is 1. The first-order chi connectivity index (χ1) is 13.6. The summed E-state index contributed by atoms with van der Waals surface area (Å²) in [4.78, 5) is 17.3. The van der Waals surface area contributed by atoms with Gasteiger partial charge in [0.05, 0.1) is 24.5 Å². The molecule has 7 nitrogen and oxygen atoms in total. The minimum Gasteiger partial charge on any atom is -0.379 e. The Labute approximate surface area is 165 Å².